The van der Waals surface area contributed by atoms with E-state index in [1.54, 1.807) is 0 Å². The Hall–Kier alpha value is -2.23. The summed E-state index contributed by atoms with van der Waals surface area (Å²) in [4.78, 5) is 4.69. The SMILES string of the molecule is C/C=C/COc1cc(C)c(OC/C=C/C(C)=N/OC)c(C)c1. The molecule has 0 fully saturated rings. The third-order valence-corrected chi connectivity index (χ3v) is 2.93. The molecule has 0 aliphatic carbocycles. The molecule has 0 unspecified atom stereocenters. The highest BCUT2D eigenvalue weighted by atomic mass is 16.6. The maximum Gasteiger partial charge on any atom is 0.125 e. The molecule has 0 saturated carbocycles. The predicted molar refractivity (Wildman–Crippen MR) is 91.0 cm³/mol. The van der Waals surface area contributed by atoms with E-state index in [9.17, 15) is 0 Å². The van der Waals surface area contributed by atoms with Crippen molar-refractivity contribution in [1.82, 2.24) is 0 Å². The fraction of sp³-hybridized carbons (Fsp3) is 0.389. The number of nitrogens with zero attached hydrogens (tertiary/aromatic N) is 1. The Morgan fingerprint density at radius 2 is 1.73 bits per heavy atom. The molecule has 1 rings (SSSR count). The molecule has 4 heteroatoms. The second kappa shape index (κ2) is 9.66. The van der Waals surface area contributed by atoms with E-state index in [1.807, 2.05) is 64.1 Å². The Labute approximate surface area is 133 Å². The summed E-state index contributed by atoms with van der Waals surface area (Å²) in [5.74, 6) is 1.75. The van der Waals surface area contributed by atoms with Gasteiger partial charge in [-0.05, 0) is 63.1 Å². The van der Waals surface area contributed by atoms with Gasteiger partial charge in [0.05, 0.1) is 5.71 Å². The van der Waals surface area contributed by atoms with Gasteiger partial charge in [0.15, 0.2) is 0 Å². The van der Waals surface area contributed by atoms with Crippen LogP contribution in [0.25, 0.3) is 0 Å². The van der Waals surface area contributed by atoms with Crippen molar-refractivity contribution in [3.8, 4) is 11.5 Å². The van der Waals surface area contributed by atoms with Crippen molar-refractivity contribution in [1.29, 1.82) is 0 Å². The fourth-order valence-corrected chi connectivity index (χ4v) is 1.99. The van der Waals surface area contributed by atoms with Crippen molar-refractivity contribution in [3.05, 3.63) is 47.6 Å². The summed E-state index contributed by atoms with van der Waals surface area (Å²) in [5, 5.41) is 3.80. The zero-order chi connectivity index (χ0) is 16.4. The number of hydrogen-bond acceptors (Lipinski definition) is 4. The normalized spacial score (nSPS) is 12.1. The van der Waals surface area contributed by atoms with Gasteiger partial charge in [-0.2, -0.15) is 0 Å². The number of benzene rings is 1. The summed E-state index contributed by atoms with van der Waals surface area (Å²) in [6.45, 7) is 8.95. The van der Waals surface area contributed by atoms with Gasteiger partial charge in [0.25, 0.3) is 0 Å². The topological polar surface area (TPSA) is 40.0 Å². The Balaban J connectivity index is 2.66. The van der Waals surface area contributed by atoms with E-state index in [2.05, 4.69) is 9.99 Å². The number of ether oxygens (including phenoxy) is 2. The summed E-state index contributed by atoms with van der Waals surface area (Å²) in [7, 11) is 1.53. The van der Waals surface area contributed by atoms with Gasteiger partial charge in [-0.1, -0.05) is 17.3 Å². The van der Waals surface area contributed by atoms with Gasteiger partial charge in [0, 0.05) is 0 Å². The van der Waals surface area contributed by atoms with Gasteiger partial charge in [-0.3, -0.25) is 0 Å². The van der Waals surface area contributed by atoms with Gasteiger partial charge in [0.1, 0.15) is 31.8 Å². The quantitative estimate of drug-likeness (QED) is 0.410. The van der Waals surface area contributed by atoms with Crippen LogP contribution in [-0.4, -0.2) is 26.0 Å². The summed E-state index contributed by atoms with van der Waals surface area (Å²) in [5.41, 5.74) is 2.92. The first-order chi connectivity index (χ1) is 10.6. The summed E-state index contributed by atoms with van der Waals surface area (Å²) in [6, 6.07) is 3.99. The fourth-order valence-electron chi connectivity index (χ4n) is 1.99. The molecule has 0 saturated heterocycles. The Morgan fingerprint density at radius 3 is 2.32 bits per heavy atom. The Bertz CT molecular complexity index is 536. The van der Waals surface area contributed by atoms with Crippen LogP contribution in [0.1, 0.15) is 25.0 Å². The van der Waals surface area contributed by atoms with E-state index in [0.717, 1.165) is 28.3 Å². The standard InChI is InChI=1S/C18H25NO3/c1-6-7-10-21-17-12-14(2)18(15(3)13-17)22-11-8-9-16(4)19-20-5/h6-9,12-13H,10-11H2,1-5H3/b7-6+,9-8+,19-16+. The van der Waals surface area contributed by atoms with Crippen LogP contribution < -0.4 is 9.47 Å². The lowest BCUT2D eigenvalue weighted by atomic mass is 10.1. The molecule has 1 aromatic carbocycles. The maximum absolute atomic E-state index is 5.82. The molecule has 0 amide bonds. The van der Waals surface area contributed by atoms with E-state index in [1.165, 1.54) is 7.11 Å². The van der Waals surface area contributed by atoms with E-state index < -0.39 is 0 Å². The van der Waals surface area contributed by atoms with Crippen LogP contribution in [0.2, 0.25) is 0 Å². The van der Waals surface area contributed by atoms with E-state index in [-0.39, 0.29) is 0 Å². The van der Waals surface area contributed by atoms with Crippen LogP contribution in [-0.2, 0) is 4.84 Å². The van der Waals surface area contributed by atoms with Crippen molar-refractivity contribution in [3.63, 3.8) is 0 Å². The molecule has 22 heavy (non-hydrogen) atoms. The monoisotopic (exact) mass is 303 g/mol. The molecule has 0 aromatic heterocycles. The van der Waals surface area contributed by atoms with Crippen molar-refractivity contribution in [2.24, 2.45) is 5.16 Å². The molecule has 0 heterocycles. The minimum Gasteiger partial charge on any atom is -0.490 e. The lowest BCUT2D eigenvalue weighted by Gasteiger charge is -2.13. The summed E-state index contributed by atoms with van der Waals surface area (Å²) in [6.07, 6.45) is 7.72. The highest BCUT2D eigenvalue weighted by Gasteiger charge is 2.06. The van der Waals surface area contributed by atoms with Crippen molar-refractivity contribution in [2.75, 3.05) is 20.3 Å². The first kappa shape index (κ1) is 17.8. The molecule has 0 radical (unpaired) electrons. The minimum absolute atomic E-state index is 0.483. The second-order valence-electron chi connectivity index (χ2n) is 4.89. The van der Waals surface area contributed by atoms with Crippen LogP contribution in [0.4, 0.5) is 0 Å². The zero-order valence-electron chi connectivity index (χ0n) is 14.1. The average molecular weight is 303 g/mol. The molecule has 0 aliphatic rings. The lowest BCUT2D eigenvalue weighted by molar-refractivity contribution is 0.213. The van der Waals surface area contributed by atoms with Crippen LogP contribution in [0, 0.1) is 13.8 Å². The van der Waals surface area contributed by atoms with E-state index >= 15 is 0 Å². The second-order valence-corrected chi connectivity index (χ2v) is 4.89. The first-order valence-corrected chi connectivity index (χ1v) is 7.30. The summed E-state index contributed by atoms with van der Waals surface area (Å²) >= 11 is 0. The molecule has 4 nitrogen and oxygen atoms in total. The van der Waals surface area contributed by atoms with Crippen molar-refractivity contribution in [2.45, 2.75) is 27.7 Å². The highest BCUT2D eigenvalue weighted by Crippen LogP contribution is 2.28. The Kier molecular flexibility index (Phi) is 7.83. The Morgan fingerprint density at radius 1 is 1.09 bits per heavy atom. The highest BCUT2D eigenvalue weighted by molar-refractivity contribution is 5.92. The molecule has 0 bridgehead atoms. The number of rotatable bonds is 8. The van der Waals surface area contributed by atoms with Crippen LogP contribution in [0.15, 0.2) is 41.6 Å². The minimum atomic E-state index is 0.483. The van der Waals surface area contributed by atoms with Gasteiger partial charge < -0.3 is 14.3 Å². The number of hydrogen-bond donors (Lipinski definition) is 0. The molecular formula is C18H25NO3. The van der Waals surface area contributed by atoms with Gasteiger partial charge in [0.2, 0.25) is 0 Å². The maximum atomic E-state index is 5.82. The van der Waals surface area contributed by atoms with Crippen LogP contribution >= 0.6 is 0 Å². The van der Waals surface area contributed by atoms with E-state index in [0.29, 0.717) is 13.2 Å². The molecule has 0 aliphatic heterocycles. The molecular weight excluding hydrogens is 278 g/mol. The van der Waals surface area contributed by atoms with Crippen molar-refractivity contribution >= 4 is 5.71 Å². The van der Waals surface area contributed by atoms with Gasteiger partial charge >= 0.3 is 0 Å². The molecule has 1 aromatic rings. The van der Waals surface area contributed by atoms with Crippen molar-refractivity contribution < 1.29 is 14.3 Å². The molecule has 0 atom stereocenters. The smallest absolute Gasteiger partial charge is 0.125 e. The largest absolute Gasteiger partial charge is 0.490 e. The third kappa shape index (κ3) is 6.04. The predicted octanol–water partition coefficient (Wildman–Crippen LogP) is 4.22. The number of allylic oxidation sites excluding steroid dienone is 2. The first-order valence-electron chi connectivity index (χ1n) is 7.30. The molecule has 0 spiro atoms. The van der Waals surface area contributed by atoms with Gasteiger partial charge in [-0.25, -0.2) is 0 Å². The average Bonchev–Trinajstić information content (AvgIpc) is 2.46. The third-order valence-electron chi connectivity index (χ3n) is 2.93. The van der Waals surface area contributed by atoms with E-state index in [4.69, 9.17) is 9.47 Å². The molecule has 120 valence electrons. The van der Waals surface area contributed by atoms with Crippen LogP contribution in [0.3, 0.4) is 0 Å². The molecule has 0 N–H and O–H groups in total. The summed E-state index contributed by atoms with van der Waals surface area (Å²) < 4.78 is 11.5. The number of aryl methyl sites for hydroxylation is 2. The number of oxime groups is 1. The van der Waals surface area contributed by atoms with Crippen LogP contribution in [0.5, 0.6) is 11.5 Å². The zero-order valence-corrected chi connectivity index (χ0v) is 14.1. The lowest BCUT2D eigenvalue weighted by Crippen LogP contribution is -2.01. The van der Waals surface area contributed by atoms with Gasteiger partial charge in [-0.15, -0.1) is 0 Å².